The average molecular weight is 560 g/mol. The summed E-state index contributed by atoms with van der Waals surface area (Å²) in [6.07, 6.45) is 0.876. The van der Waals surface area contributed by atoms with Crippen LogP contribution in [-0.4, -0.2) is 81.1 Å². The number of rotatable bonds is 4. The van der Waals surface area contributed by atoms with Crippen molar-refractivity contribution in [2.45, 2.75) is 32.9 Å². The lowest BCUT2D eigenvalue weighted by Gasteiger charge is -2.46. The van der Waals surface area contributed by atoms with Crippen molar-refractivity contribution in [2.75, 3.05) is 49.2 Å². The van der Waals surface area contributed by atoms with Crippen molar-refractivity contribution in [3.8, 4) is 11.4 Å². The van der Waals surface area contributed by atoms with Crippen LogP contribution in [0.3, 0.4) is 0 Å². The number of nitrogens with zero attached hydrogens (tertiary/aromatic N) is 7. The van der Waals surface area contributed by atoms with Crippen LogP contribution in [-0.2, 0) is 4.74 Å². The largest absolute Gasteiger partial charge is 0.465 e. The van der Waals surface area contributed by atoms with Gasteiger partial charge in [-0.25, -0.2) is 23.7 Å². The zero-order valence-electron chi connectivity index (χ0n) is 23.4. The Kier molecular flexibility index (Phi) is 6.98. The number of carbonyl (C=O) groups is 1. The number of benzene rings is 1. The van der Waals surface area contributed by atoms with Gasteiger partial charge in [0.25, 0.3) is 0 Å². The molecule has 214 valence electrons. The summed E-state index contributed by atoms with van der Waals surface area (Å²) in [7, 11) is 0. The van der Waals surface area contributed by atoms with Gasteiger partial charge in [0.15, 0.2) is 5.65 Å². The Hall–Kier alpha value is -4.25. The first-order chi connectivity index (χ1) is 19.7. The molecule has 0 saturated carbocycles. The fraction of sp³-hybridized carbons (Fsp3) is 0.400. The van der Waals surface area contributed by atoms with Gasteiger partial charge in [-0.2, -0.15) is 0 Å². The van der Waals surface area contributed by atoms with Gasteiger partial charge in [-0.3, -0.25) is 0 Å². The highest BCUT2D eigenvalue weighted by atomic mass is 19.1. The van der Waals surface area contributed by atoms with Crippen molar-refractivity contribution in [3.63, 3.8) is 0 Å². The summed E-state index contributed by atoms with van der Waals surface area (Å²) in [5.41, 5.74) is 2.77. The lowest BCUT2D eigenvalue weighted by atomic mass is 9.84. The summed E-state index contributed by atoms with van der Waals surface area (Å²) in [6.45, 7) is 9.33. The van der Waals surface area contributed by atoms with Crippen LogP contribution < -0.4 is 9.80 Å². The van der Waals surface area contributed by atoms with E-state index in [1.54, 1.807) is 27.7 Å². The Labute approximate surface area is 238 Å². The van der Waals surface area contributed by atoms with Crippen LogP contribution in [0.15, 0.2) is 60.8 Å². The van der Waals surface area contributed by atoms with E-state index in [2.05, 4.69) is 35.6 Å². The lowest BCUT2D eigenvalue weighted by Crippen LogP contribution is -2.59. The molecule has 2 aliphatic heterocycles. The molecule has 2 fully saturated rings. The van der Waals surface area contributed by atoms with Crippen molar-refractivity contribution in [2.24, 2.45) is 5.41 Å². The van der Waals surface area contributed by atoms with Crippen molar-refractivity contribution in [3.05, 3.63) is 72.2 Å². The molecule has 1 N–H and O–H groups in total. The highest BCUT2D eigenvalue weighted by Crippen LogP contribution is 2.32. The predicted octanol–water partition coefficient (Wildman–Crippen LogP) is 4.72. The Morgan fingerprint density at radius 3 is 2.66 bits per heavy atom. The predicted molar refractivity (Wildman–Crippen MR) is 154 cm³/mol. The molecule has 0 bridgehead atoms. The second-order valence-corrected chi connectivity index (χ2v) is 11.6. The van der Waals surface area contributed by atoms with Crippen LogP contribution in [0.25, 0.3) is 17.0 Å². The molecule has 2 saturated heterocycles. The van der Waals surface area contributed by atoms with Gasteiger partial charge in [-0.1, -0.05) is 39.0 Å². The molecule has 41 heavy (non-hydrogen) atoms. The molecule has 5 heterocycles. The molecule has 1 amide bonds. The number of halogens is 1. The minimum Gasteiger partial charge on any atom is -0.465 e. The Bertz CT molecular complexity index is 1570. The molecule has 3 aromatic heterocycles. The number of carboxylic acid groups (broad SMARTS) is 1. The van der Waals surface area contributed by atoms with Crippen LogP contribution in [0.2, 0.25) is 0 Å². The number of imidazole rings is 1. The van der Waals surface area contributed by atoms with E-state index < -0.39 is 6.09 Å². The minimum atomic E-state index is -0.890. The third-order valence-electron chi connectivity index (χ3n) is 7.95. The second-order valence-electron chi connectivity index (χ2n) is 11.6. The standard InChI is InChI=1S/C30H34FN7O3/c1-30(2,3)25-18-35(12-13-37(25)29(39)40)27-9-5-8-22(33-27)23-17-32-26-10-11-28(34-38(23)26)36-14-15-41-19-24(36)20-6-4-7-21(31)16-20/h4-11,16-17,24-25H,12-15,18-19H2,1-3H3,(H,39,40). The molecule has 10 nitrogen and oxygen atoms in total. The number of morpholine rings is 1. The molecule has 1 aromatic carbocycles. The molecule has 0 radical (unpaired) electrons. The Morgan fingerprint density at radius 1 is 1.05 bits per heavy atom. The zero-order chi connectivity index (χ0) is 28.7. The molecule has 11 heteroatoms. The fourth-order valence-corrected chi connectivity index (χ4v) is 5.76. The van der Waals surface area contributed by atoms with Gasteiger partial charge >= 0.3 is 6.09 Å². The molecule has 0 aliphatic carbocycles. The first kappa shape index (κ1) is 26.9. The number of fused-ring (bicyclic) bond motifs is 1. The Morgan fingerprint density at radius 2 is 1.88 bits per heavy atom. The lowest BCUT2D eigenvalue weighted by molar-refractivity contribution is 0.0747. The molecule has 6 rings (SSSR count). The van der Waals surface area contributed by atoms with Crippen molar-refractivity contribution in [1.82, 2.24) is 24.5 Å². The van der Waals surface area contributed by atoms with Gasteiger partial charge in [0.05, 0.1) is 37.2 Å². The number of pyridine rings is 1. The monoisotopic (exact) mass is 559 g/mol. The summed E-state index contributed by atoms with van der Waals surface area (Å²) >= 11 is 0. The van der Waals surface area contributed by atoms with Crippen molar-refractivity contribution < 1.29 is 19.0 Å². The van der Waals surface area contributed by atoms with Gasteiger partial charge in [0.1, 0.15) is 23.1 Å². The third-order valence-corrected chi connectivity index (χ3v) is 7.95. The number of amides is 1. The maximum Gasteiger partial charge on any atom is 0.407 e. The maximum atomic E-state index is 14.0. The number of aromatic nitrogens is 4. The Balaban J connectivity index is 1.31. The molecule has 0 spiro atoms. The number of hydrogen-bond acceptors (Lipinski definition) is 7. The fourth-order valence-electron chi connectivity index (χ4n) is 5.76. The van der Waals surface area contributed by atoms with Crippen molar-refractivity contribution in [1.29, 1.82) is 0 Å². The topological polar surface area (TPSA) is 99.3 Å². The van der Waals surface area contributed by atoms with E-state index in [1.165, 1.54) is 6.07 Å². The molecular formula is C30H34FN7O3. The normalized spacial score (nSPS) is 20.0. The van der Waals surface area contributed by atoms with Gasteiger partial charge < -0.3 is 24.5 Å². The number of piperazine rings is 1. The summed E-state index contributed by atoms with van der Waals surface area (Å²) in [4.78, 5) is 27.3. The third kappa shape index (κ3) is 5.29. The zero-order valence-corrected chi connectivity index (χ0v) is 23.4. The van der Waals surface area contributed by atoms with E-state index in [1.807, 2.05) is 36.4 Å². The maximum absolute atomic E-state index is 14.0. The first-order valence-electron chi connectivity index (χ1n) is 13.9. The van der Waals surface area contributed by atoms with E-state index in [9.17, 15) is 14.3 Å². The molecule has 2 aliphatic rings. The van der Waals surface area contributed by atoms with Crippen LogP contribution in [0.1, 0.15) is 32.4 Å². The van der Waals surface area contributed by atoms with Gasteiger partial charge in [-0.15, -0.1) is 5.10 Å². The van der Waals surface area contributed by atoms with E-state index in [-0.39, 0.29) is 23.3 Å². The molecule has 2 atom stereocenters. The quantitative estimate of drug-likeness (QED) is 0.384. The second kappa shape index (κ2) is 10.6. The minimum absolute atomic E-state index is 0.168. The van der Waals surface area contributed by atoms with Gasteiger partial charge in [0, 0.05) is 26.2 Å². The number of anilines is 2. The summed E-state index contributed by atoms with van der Waals surface area (Å²) in [5, 5.41) is 14.7. The van der Waals surface area contributed by atoms with E-state index in [0.717, 1.165) is 28.6 Å². The van der Waals surface area contributed by atoms with Crippen molar-refractivity contribution >= 4 is 23.4 Å². The molecule has 2 unspecified atom stereocenters. The van der Waals surface area contributed by atoms with Gasteiger partial charge in [-0.05, 0) is 47.4 Å². The van der Waals surface area contributed by atoms with Crippen LogP contribution in [0.4, 0.5) is 20.8 Å². The first-order valence-corrected chi connectivity index (χ1v) is 13.9. The van der Waals surface area contributed by atoms with Crippen LogP contribution in [0, 0.1) is 11.2 Å². The average Bonchev–Trinajstić information content (AvgIpc) is 3.40. The van der Waals surface area contributed by atoms with Crippen LogP contribution >= 0.6 is 0 Å². The van der Waals surface area contributed by atoms with E-state index >= 15 is 0 Å². The van der Waals surface area contributed by atoms with Crippen LogP contribution in [0.5, 0.6) is 0 Å². The SMILES string of the molecule is CC(C)(C)C1CN(c2cccc(-c3cnc4ccc(N5CCOCC5c5cccc(F)c5)nn34)n2)CCN1C(=O)O. The smallest absolute Gasteiger partial charge is 0.407 e. The van der Waals surface area contributed by atoms with E-state index in [4.69, 9.17) is 14.8 Å². The summed E-state index contributed by atoms with van der Waals surface area (Å²) < 4.78 is 21.6. The highest BCUT2D eigenvalue weighted by molar-refractivity contribution is 5.67. The van der Waals surface area contributed by atoms with Gasteiger partial charge in [0.2, 0.25) is 0 Å². The molecule has 4 aromatic rings. The number of ether oxygens (including phenoxy) is 1. The van der Waals surface area contributed by atoms with E-state index in [0.29, 0.717) is 45.0 Å². The summed E-state index contributed by atoms with van der Waals surface area (Å²) in [6, 6.07) is 16.0. The molecular weight excluding hydrogens is 525 g/mol. The summed E-state index contributed by atoms with van der Waals surface area (Å²) in [5.74, 6) is 1.24. The number of hydrogen-bond donors (Lipinski definition) is 1. The highest BCUT2D eigenvalue weighted by Gasteiger charge is 2.38.